The van der Waals surface area contributed by atoms with Crippen molar-refractivity contribution in [2.45, 2.75) is 32.5 Å². The number of carbonyl (C=O) groups excluding carboxylic acids is 1. The maximum atomic E-state index is 13.3. The number of hydrogen-bond acceptors (Lipinski definition) is 5. The number of rotatable bonds is 10. The number of hydrogen-bond donors (Lipinski definition) is 0. The molecule has 26 heavy (non-hydrogen) atoms. The first kappa shape index (κ1) is 20.4. The topological polar surface area (TPSA) is 61.8 Å². The highest BCUT2D eigenvalue weighted by Crippen LogP contribution is 2.62. The van der Waals surface area contributed by atoms with Gasteiger partial charge in [-0.15, -0.1) is 0 Å². The normalized spacial score (nSPS) is 12.5. The summed E-state index contributed by atoms with van der Waals surface area (Å²) in [5, 5.41) is 0. The molecule has 0 amide bonds. The molecule has 140 valence electrons. The van der Waals surface area contributed by atoms with Gasteiger partial charge in [0.05, 0.1) is 25.3 Å². The van der Waals surface area contributed by atoms with Crippen molar-refractivity contribution in [3.05, 3.63) is 71.8 Å². The lowest BCUT2D eigenvalue weighted by atomic mass is 10.1. The first-order chi connectivity index (χ1) is 12.6. The minimum atomic E-state index is -3.50. The summed E-state index contributed by atoms with van der Waals surface area (Å²) in [6.07, 6.45) is -0.0753. The maximum absolute atomic E-state index is 13.3. The number of benzene rings is 2. The molecular weight excluding hydrogens is 351 g/mol. The fourth-order valence-electron chi connectivity index (χ4n) is 2.62. The van der Waals surface area contributed by atoms with Gasteiger partial charge in [-0.25, -0.2) is 0 Å². The van der Waals surface area contributed by atoms with Gasteiger partial charge < -0.3 is 13.8 Å². The smallest absolute Gasteiger partial charge is 0.338 e. The molecule has 2 rings (SSSR count). The molecule has 0 bridgehead atoms. The molecule has 0 radical (unpaired) electrons. The van der Waals surface area contributed by atoms with Crippen LogP contribution in [0, 0.1) is 0 Å². The van der Waals surface area contributed by atoms with Crippen LogP contribution in [0.2, 0.25) is 0 Å². The zero-order chi connectivity index (χ0) is 18.8. The van der Waals surface area contributed by atoms with Gasteiger partial charge in [0, 0.05) is 0 Å². The SMILES string of the molecule is CCOP(=O)(OCC)[C@H](CC(=O)OCc1ccccc1)c1ccccc1. The zero-order valence-corrected chi connectivity index (χ0v) is 16.1. The molecule has 0 aliphatic carbocycles. The average molecular weight is 376 g/mol. The predicted octanol–water partition coefficient (Wildman–Crippen LogP) is 5.13. The minimum Gasteiger partial charge on any atom is -0.461 e. The molecule has 0 fully saturated rings. The van der Waals surface area contributed by atoms with Crippen LogP contribution < -0.4 is 0 Å². The van der Waals surface area contributed by atoms with Crippen molar-refractivity contribution in [1.29, 1.82) is 0 Å². The molecule has 0 saturated heterocycles. The summed E-state index contributed by atoms with van der Waals surface area (Å²) < 4.78 is 29.6. The average Bonchev–Trinajstić information content (AvgIpc) is 2.66. The van der Waals surface area contributed by atoms with Crippen molar-refractivity contribution in [1.82, 2.24) is 0 Å². The molecular formula is C20H25O5P. The lowest BCUT2D eigenvalue weighted by Crippen LogP contribution is -2.14. The Morgan fingerprint density at radius 3 is 2.00 bits per heavy atom. The highest BCUT2D eigenvalue weighted by molar-refractivity contribution is 7.54. The lowest BCUT2D eigenvalue weighted by Gasteiger charge is -2.26. The first-order valence-electron chi connectivity index (χ1n) is 8.72. The van der Waals surface area contributed by atoms with Crippen molar-refractivity contribution < 1.29 is 23.1 Å². The summed E-state index contributed by atoms with van der Waals surface area (Å²) in [7, 11) is -3.50. The standard InChI is InChI=1S/C20H25O5P/c1-3-24-26(22,25-4-2)19(18-13-9-6-10-14-18)15-20(21)23-16-17-11-7-5-8-12-17/h5-14,19H,3-4,15-16H2,1-2H3/t19-/m1/s1. The molecule has 0 aliphatic heterocycles. The quantitative estimate of drug-likeness (QED) is 0.425. The van der Waals surface area contributed by atoms with Crippen LogP contribution in [0.15, 0.2) is 60.7 Å². The van der Waals surface area contributed by atoms with E-state index in [1.807, 2.05) is 60.7 Å². The summed E-state index contributed by atoms with van der Waals surface area (Å²) in [6, 6.07) is 18.6. The van der Waals surface area contributed by atoms with E-state index in [-0.39, 0.29) is 26.2 Å². The van der Waals surface area contributed by atoms with Gasteiger partial charge in [0.2, 0.25) is 0 Å². The second-order valence-corrected chi connectivity index (χ2v) is 7.87. The zero-order valence-electron chi connectivity index (χ0n) is 15.2. The van der Waals surface area contributed by atoms with E-state index in [1.54, 1.807) is 13.8 Å². The summed E-state index contributed by atoms with van der Waals surface area (Å²) in [5.74, 6) is -0.442. The third kappa shape index (κ3) is 5.80. The number of carbonyl (C=O) groups is 1. The van der Waals surface area contributed by atoms with E-state index >= 15 is 0 Å². The van der Waals surface area contributed by atoms with Crippen LogP contribution in [0.3, 0.4) is 0 Å². The van der Waals surface area contributed by atoms with E-state index in [2.05, 4.69) is 0 Å². The molecule has 5 nitrogen and oxygen atoms in total. The van der Waals surface area contributed by atoms with Crippen molar-refractivity contribution in [3.63, 3.8) is 0 Å². The van der Waals surface area contributed by atoms with Gasteiger partial charge in [-0.1, -0.05) is 60.7 Å². The fraction of sp³-hybridized carbons (Fsp3) is 0.350. The van der Waals surface area contributed by atoms with Gasteiger partial charge in [-0.3, -0.25) is 9.36 Å². The Bertz CT molecular complexity index is 707. The molecule has 0 saturated carbocycles. The van der Waals surface area contributed by atoms with Gasteiger partial charge in [0.25, 0.3) is 0 Å². The van der Waals surface area contributed by atoms with Crippen LogP contribution >= 0.6 is 7.60 Å². The molecule has 0 aromatic heterocycles. The van der Waals surface area contributed by atoms with E-state index in [0.717, 1.165) is 11.1 Å². The van der Waals surface area contributed by atoms with E-state index in [9.17, 15) is 9.36 Å². The van der Waals surface area contributed by atoms with Crippen LogP contribution in [0.5, 0.6) is 0 Å². The van der Waals surface area contributed by atoms with Crippen molar-refractivity contribution in [2.75, 3.05) is 13.2 Å². The first-order valence-corrected chi connectivity index (χ1v) is 10.3. The molecule has 0 spiro atoms. The highest BCUT2D eigenvalue weighted by Gasteiger charge is 2.38. The number of ether oxygens (including phenoxy) is 1. The Balaban J connectivity index is 2.15. The van der Waals surface area contributed by atoms with Crippen LogP contribution in [0.1, 0.15) is 37.1 Å². The van der Waals surface area contributed by atoms with E-state index in [4.69, 9.17) is 13.8 Å². The Morgan fingerprint density at radius 1 is 0.923 bits per heavy atom. The van der Waals surface area contributed by atoms with Gasteiger partial charge in [-0.05, 0) is 25.0 Å². The Morgan fingerprint density at radius 2 is 1.46 bits per heavy atom. The third-order valence-corrected chi connectivity index (χ3v) is 6.27. The third-order valence-electron chi connectivity index (χ3n) is 3.79. The largest absolute Gasteiger partial charge is 0.461 e. The lowest BCUT2D eigenvalue weighted by molar-refractivity contribution is -0.145. The van der Waals surface area contributed by atoms with E-state index in [0.29, 0.717) is 0 Å². The van der Waals surface area contributed by atoms with Crippen LogP contribution in [-0.4, -0.2) is 19.2 Å². The maximum Gasteiger partial charge on any atom is 0.338 e. The molecule has 0 aliphatic rings. The summed E-state index contributed by atoms with van der Waals surface area (Å²) in [4.78, 5) is 12.4. The minimum absolute atomic E-state index is 0.0753. The van der Waals surface area contributed by atoms with Crippen LogP contribution in [0.25, 0.3) is 0 Å². The molecule has 6 heteroatoms. The predicted molar refractivity (Wildman–Crippen MR) is 101 cm³/mol. The van der Waals surface area contributed by atoms with Gasteiger partial charge in [-0.2, -0.15) is 0 Å². The van der Waals surface area contributed by atoms with Crippen molar-refractivity contribution in [2.24, 2.45) is 0 Å². The monoisotopic (exact) mass is 376 g/mol. The van der Waals surface area contributed by atoms with Gasteiger partial charge in [0.15, 0.2) is 0 Å². The van der Waals surface area contributed by atoms with E-state index < -0.39 is 19.2 Å². The summed E-state index contributed by atoms with van der Waals surface area (Å²) >= 11 is 0. The second kappa shape index (κ2) is 10.3. The van der Waals surface area contributed by atoms with Crippen molar-refractivity contribution in [3.8, 4) is 0 Å². The Kier molecular flexibility index (Phi) is 8.05. The van der Waals surface area contributed by atoms with Crippen LogP contribution in [0.4, 0.5) is 0 Å². The second-order valence-electron chi connectivity index (χ2n) is 5.65. The van der Waals surface area contributed by atoms with Crippen LogP contribution in [-0.2, 0) is 29.8 Å². The molecule has 1 atom stereocenters. The molecule has 0 N–H and O–H groups in total. The fourth-order valence-corrected chi connectivity index (χ4v) is 4.68. The molecule has 2 aromatic carbocycles. The van der Waals surface area contributed by atoms with Crippen molar-refractivity contribution >= 4 is 13.6 Å². The Hall–Kier alpha value is -1.94. The van der Waals surface area contributed by atoms with Gasteiger partial charge >= 0.3 is 13.6 Å². The van der Waals surface area contributed by atoms with Gasteiger partial charge in [0.1, 0.15) is 6.61 Å². The highest BCUT2D eigenvalue weighted by atomic mass is 31.2. The molecule has 0 heterocycles. The summed E-state index contributed by atoms with van der Waals surface area (Å²) in [5.41, 5.74) is 0.927. The molecule has 0 unspecified atom stereocenters. The Labute approximate surface area is 154 Å². The molecule has 2 aromatic rings. The summed E-state index contributed by atoms with van der Waals surface area (Å²) in [6.45, 7) is 4.15. The van der Waals surface area contributed by atoms with E-state index in [1.165, 1.54) is 0 Å². The number of esters is 1.